The van der Waals surface area contributed by atoms with Crippen LogP contribution in [0.2, 0.25) is 0 Å². The molecule has 4 rings (SSSR count). The molecule has 4 nitrogen and oxygen atoms in total. The molecule has 0 atom stereocenters. The summed E-state index contributed by atoms with van der Waals surface area (Å²) in [7, 11) is 0. The first-order valence-corrected chi connectivity index (χ1v) is 7.09. The van der Waals surface area contributed by atoms with Gasteiger partial charge in [-0.1, -0.05) is 30.3 Å². The molecule has 4 heteroatoms. The lowest BCUT2D eigenvalue weighted by molar-refractivity contribution is 0.109. The monoisotopic (exact) mass is 267 g/mol. The minimum atomic E-state index is -0.0112. The van der Waals surface area contributed by atoms with Crippen molar-refractivity contribution in [3.05, 3.63) is 53.0 Å². The molecule has 1 fully saturated rings. The van der Waals surface area contributed by atoms with Gasteiger partial charge in [-0.05, 0) is 18.4 Å². The zero-order valence-corrected chi connectivity index (χ0v) is 11.3. The number of nitrogen functional groups attached to an aromatic ring is 1. The number of rotatable bonds is 2. The van der Waals surface area contributed by atoms with Crippen LogP contribution in [0.15, 0.2) is 30.3 Å². The van der Waals surface area contributed by atoms with Gasteiger partial charge in [-0.3, -0.25) is 0 Å². The molecule has 0 spiro atoms. The van der Waals surface area contributed by atoms with Gasteiger partial charge in [0.2, 0.25) is 0 Å². The number of benzene rings is 1. The van der Waals surface area contributed by atoms with Gasteiger partial charge < -0.3 is 10.5 Å². The summed E-state index contributed by atoms with van der Waals surface area (Å²) in [6.07, 6.45) is 3.04. The summed E-state index contributed by atoms with van der Waals surface area (Å²) in [4.78, 5) is 9.40. The van der Waals surface area contributed by atoms with Crippen LogP contribution in [0.5, 0.6) is 0 Å². The number of ether oxygens (including phenoxy) is 1. The van der Waals surface area contributed by atoms with Crippen molar-refractivity contribution in [3.8, 4) is 0 Å². The van der Waals surface area contributed by atoms with Gasteiger partial charge in [-0.25, -0.2) is 9.97 Å². The molecule has 2 heterocycles. The van der Waals surface area contributed by atoms with Crippen LogP contribution in [0.25, 0.3) is 0 Å². The molecule has 0 bridgehead atoms. The molecule has 2 aromatic rings. The summed E-state index contributed by atoms with van der Waals surface area (Å²) >= 11 is 0. The Labute approximate surface area is 118 Å². The maximum Gasteiger partial charge on any atom is 0.141 e. The molecular weight excluding hydrogens is 250 g/mol. The van der Waals surface area contributed by atoms with Gasteiger partial charge in [0.15, 0.2) is 0 Å². The van der Waals surface area contributed by atoms with E-state index in [2.05, 4.69) is 29.2 Å². The van der Waals surface area contributed by atoms with Gasteiger partial charge in [-0.2, -0.15) is 0 Å². The van der Waals surface area contributed by atoms with Crippen LogP contribution in [-0.4, -0.2) is 16.6 Å². The lowest BCUT2D eigenvalue weighted by Crippen LogP contribution is -2.21. The first-order valence-electron chi connectivity index (χ1n) is 7.09. The molecule has 0 amide bonds. The molecule has 102 valence electrons. The van der Waals surface area contributed by atoms with Crippen molar-refractivity contribution in [3.63, 3.8) is 0 Å². The van der Waals surface area contributed by atoms with Crippen LogP contribution in [0.4, 0.5) is 5.82 Å². The molecule has 2 N–H and O–H groups in total. The van der Waals surface area contributed by atoms with Crippen molar-refractivity contribution in [2.24, 2.45) is 0 Å². The molecule has 0 radical (unpaired) electrons. The number of hydrogen-bond donors (Lipinski definition) is 1. The van der Waals surface area contributed by atoms with E-state index in [1.165, 1.54) is 5.56 Å². The zero-order chi connectivity index (χ0) is 13.6. The Hall–Kier alpha value is -1.94. The van der Waals surface area contributed by atoms with E-state index in [1.54, 1.807) is 0 Å². The largest absolute Gasteiger partial charge is 0.383 e. The number of hydrogen-bond acceptors (Lipinski definition) is 4. The van der Waals surface area contributed by atoms with Gasteiger partial charge in [0, 0.05) is 12.0 Å². The summed E-state index contributed by atoms with van der Waals surface area (Å²) in [6.45, 7) is 1.26. The van der Waals surface area contributed by atoms with E-state index in [1.807, 2.05) is 6.07 Å². The number of aromatic nitrogens is 2. The number of anilines is 1. The molecule has 1 aromatic heterocycles. The van der Waals surface area contributed by atoms with Crippen LogP contribution in [-0.2, 0) is 23.2 Å². The van der Waals surface area contributed by atoms with Crippen molar-refractivity contribution in [1.82, 2.24) is 9.97 Å². The highest BCUT2D eigenvalue weighted by molar-refractivity contribution is 5.47. The lowest BCUT2D eigenvalue weighted by atomic mass is 9.94. The quantitative estimate of drug-likeness (QED) is 0.906. The second-order valence-corrected chi connectivity index (χ2v) is 5.61. The number of nitrogens with two attached hydrogens (primary N) is 1. The van der Waals surface area contributed by atoms with Crippen molar-refractivity contribution >= 4 is 5.82 Å². The van der Waals surface area contributed by atoms with Gasteiger partial charge >= 0.3 is 0 Å². The third kappa shape index (κ3) is 1.72. The average Bonchev–Trinajstić information content (AvgIpc) is 3.30. The third-order valence-corrected chi connectivity index (χ3v) is 4.36. The fourth-order valence-electron chi connectivity index (χ4n) is 2.99. The molecule has 20 heavy (non-hydrogen) atoms. The van der Waals surface area contributed by atoms with E-state index in [0.29, 0.717) is 12.4 Å². The first-order chi connectivity index (χ1) is 9.79. The molecular formula is C16H17N3O. The van der Waals surface area contributed by atoms with E-state index in [-0.39, 0.29) is 5.41 Å². The molecule has 0 unspecified atom stereocenters. The second kappa shape index (κ2) is 4.28. The number of fused-ring (bicyclic) bond motifs is 1. The standard InChI is InChI=1S/C16H17N3O/c17-14-12-10-20-9-6-13(12)18-15(19-14)16(7-8-16)11-4-2-1-3-5-11/h1-5H,6-10H2,(H2,17,18,19). The maximum absolute atomic E-state index is 6.11. The fourth-order valence-corrected chi connectivity index (χ4v) is 2.99. The fraction of sp³-hybridized carbons (Fsp3) is 0.375. The zero-order valence-electron chi connectivity index (χ0n) is 11.3. The minimum Gasteiger partial charge on any atom is -0.383 e. The van der Waals surface area contributed by atoms with Crippen LogP contribution in [0, 0.1) is 0 Å². The van der Waals surface area contributed by atoms with Crippen molar-refractivity contribution < 1.29 is 4.74 Å². The highest BCUT2D eigenvalue weighted by atomic mass is 16.5. The van der Waals surface area contributed by atoms with Crippen LogP contribution < -0.4 is 5.73 Å². The van der Waals surface area contributed by atoms with Crippen molar-refractivity contribution in [2.45, 2.75) is 31.3 Å². The summed E-state index contributed by atoms with van der Waals surface area (Å²) in [5, 5.41) is 0. The summed E-state index contributed by atoms with van der Waals surface area (Å²) < 4.78 is 5.44. The van der Waals surface area contributed by atoms with Crippen molar-refractivity contribution in [2.75, 3.05) is 12.3 Å². The highest BCUT2D eigenvalue weighted by Crippen LogP contribution is 2.52. The Bertz CT molecular complexity index is 650. The SMILES string of the molecule is Nc1nc(C2(c3ccccc3)CC2)nc2c1COCC2. The first kappa shape index (κ1) is 11.9. The van der Waals surface area contributed by atoms with Crippen LogP contribution in [0.1, 0.15) is 35.5 Å². The molecule has 1 aliphatic carbocycles. The normalized spacial score (nSPS) is 19.4. The summed E-state index contributed by atoms with van der Waals surface area (Å²) in [6, 6.07) is 10.5. The van der Waals surface area contributed by atoms with Crippen molar-refractivity contribution in [1.29, 1.82) is 0 Å². The van der Waals surface area contributed by atoms with Crippen LogP contribution >= 0.6 is 0 Å². The third-order valence-electron chi connectivity index (χ3n) is 4.36. The van der Waals surface area contributed by atoms with Gasteiger partial charge in [0.25, 0.3) is 0 Å². The predicted octanol–water partition coefficient (Wildman–Crippen LogP) is 2.21. The van der Waals surface area contributed by atoms with Gasteiger partial charge in [0.1, 0.15) is 11.6 Å². The Kier molecular flexibility index (Phi) is 2.54. The van der Waals surface area contributed by atoms with E-state index >= 15 is 0 Å². The molecule has 0 saturated heterocycles. The average molecular weight is 267 g/mol. The minimum absolute atomic E-state index is 0.0112. The van der Waals surface area contributed by atoms with Gasteiger partial charge in [0.05, 0.1) is 24.3 Å². The topological polar surface area (TPSA) is 61.0 Å². The molecule has 1 saturated carbocycles. The summed E-state index contributed by atoms with van der Waals surface area (Å²) in [5.41, 5.74) is 9.45. The molecule has 1 aromatic carbocycles. The van der Waals surface area contributed by atoms with Crippen LogP contribution in [0.3, 0.4) is 0 Å². The number of nitrogens with zero attached hydrogens (tertiary/aromatic N) is 2. The molecule has 2 aliphatic rings. The van der Waals surface area contributed by atoms with Gasteiger partial charge in [-0.15, -0.1) is 0 Å². The smallest absolute Gasteiger partial charge is 0.141 e. The Balaban J connectivity index is 1.81. The second-order valence-electron chi connectivity index (χ2n) is 5.61. The Morgan fingerprint density at radius 2 is 1.90 bits per heavy atom. The van der Waals surface area contributed by atoms with E-state index in [4.69, 9.17) is 15.5 Å². The van der Waals surface area contributed by atoms with E-state index in [9.17, 15) is 0 Å². The highest BCUT2D eigenvalue weighted by Gasteiger charge is 2.49. The lowest BCUT2D eigenvalue weighted by Gasteiger charge is -2.21. The Morgan fingerprint density at radius 3 is 2.65 bits per heavy atom. The predicted molar refractivity (Wildman–Crippen MR) is 76.3 cm³/mol. The Morgan fingerprint density at radius 1 is 1.10 bits per heavy atom. The molecule has 1 aliphatic heterocycles. The van der Waals surface area contributed by atoms with E-state index < -0.39 is 0 Å². The summed E-state index contributed by atoms with van der Waals surface area (Å²) in [5.74, 6) is 1.48. The van der Waals surface area contributed by atoms with E-state index in [0.717, 1.165) is 43.0 Å². The maximum atomic E-state index is 6.11.